The number of aliphatic hydroxyl groups is 5. The van der Waals surface area contributed by atoms with Gasteiger partial charge < -0.3 is 40.3 Å². The first-order valence-electron chi connectivity index (χ1n) is 21.6. The first kappa shape index (κ1) is 48.7. The summed E-state index contributed by atoms with van der Waals surface area (Å²) in [5.74, 6) is -0.194. The van der Waals surface area contributed by atoms with Gasteiger partial charge in [-0.15, -0.1) is 0 Å². The fraction of sp³-hybridized carbons (Fsp3) is 0.884. The van der Waals surface area contributed by atoms with Crippen LogP contribution in [0.15, 0.2) is 24.3 Å². The van der Waals surface area contributed by atoms with E-state index in [0.717, 1.165) is 32.1 Å². The summed E-state index contributed by atoms with van der Waals surface area (Å²) in [5.41, 5.74) is 0. The minimum Gasteiger partial charge on any atom is -0.394 e. The molecule has 0 radical (unpaired) electrons. The molecule has 9 heteroatoms. The number of ether oxygens (including phenoxy) is 2. The molecule has 0 aromatic heterocycles. The van der Waals surface area contributed by atoms with Crippen molar-refractivity contribution in [3.05, 3.63) is 24.3 Å². The van der Waals surface area contributed by atoms with Crippen molar-refractivity contribution in [1.29, 1.82) is 0 Å². The first-order chi connectivity index (χ1) is 25.3. The van der Waals surface area contributed by atoms with Gasteiger partial charge in [0.05, 0.1) is 25.4 Å². The van der Waals surface area contributed by atoms with E-state index in [4.69, 9.17) is 9.47 Å². The number of aliphatic hydroxyl groups excluding tert-OH is 5. The SMILES string of the molecule is CCCCCCCC/C=C/C=C/[C@@H](O)[C@H](CO[C@@H]1O[C@H](CO)[C@@H](O)C(O)C1O)NC(=O)CCCCCCCCCCCCCCCCCCCCC. The Hall–Kier alpha value is -1.33. The van der Waals surface area contributed by atoms with Crippen LogP contribution in [-0.2, 0) is 14.3 Å². The van der Waals surface area contributed by atoms with Gasteiger partial charge in [-0.2, -0.15) is 0 Å². The Morgan fingerprint density at radius 2 is 1.12 bits per heavy atom. The Labute approximate surface area is 318 Å². The summed E-state index contributed by atoms with van der Waals surface area (Å²) in [5, 5.41) is 53.9. The zero-order valence-electron chi connectivity index (χ0n) is 33.3. The third-order valence-electron chi connectivity index (χ3n) is 10.3. The molecule has 1 heterocycles. The molecular formula is C43H81NO8. The Balaban J connectivity index is 2.34. The zero-order chi connectivity index (χ0) is 38.1. The fourth-order valence-corrected chi connectivity index (χ4v) is 6.80. The monoisotopic (exact) mass is 740 g/mol. The highest BCUT2D eigenvalue weighted by atomic mass is 16.7. The Morgan fingerprint density at radius 3 is 1.60 bits per heavy atom. The predicted molar refractivity (Wildman–Crippen MR) is 212 cm³/mol. The Kier molecular flexibility index (Phi) is 32.0. The minimum absolute atomic E-state index is 0.194. The van der Waals surface area contributed by atoms with Crippen LogP contribution in [0.2, 0.25) is 0 Å². The third-order valence-corrected chi connectivity index (χ3v) is 10.3. The van der Waals surface area contributed by atoms with Crippen LogP contribution in [0, 0.1) is 0 Å². The molecule has 1 rings (SSSR count). The molecule has 1 amide bonds. The maximum Gasteiger partial charge on any atom is 0.220 e. The van der Waals surface area contributed by atoms with Crippen LogP contribution in [-0.4, -0.2) is 87.5 Å². The van der Waals surface area contributed by atoms with Crippen LogP contribution in [0.1, 0.15) is 187 Å². The van der Waals surface area contributed by atoms with Crippen LogP contribution in [0.3, 0.4) is 0 Å². The van der Waals surface area contributed by atoms with Gasteiger partial charge in [0.1, 0.15) is 24.4 Å². The summed E-state index contributed by atoms with van der Waals surface area (Å²) in [6, 6.07) is -0.830. The smallest absolute Gasteiger partial charge is 0.220 e. The average molecular weight is 740 g/mol. The maximum atomic E-state index is 12.9. The van der Waals surface area contributed by atoms with Gasteiger partial charge in [0.2, 0.25) is 5.91 Å². The van der Waals surface area contributed by atoms with Gasteiger partial charge in [-0.05, 0) is 19.3 Å². The first-order valence-corrected chi connectivity index (χ1v) is 21.6. The van der Waals surface area contributed by atoms with Crippen molar-refractivity contribution < 1.29 is 39.8 Å². The van der Waals surface area contributed by atoms with Gasteiger partial charge in [0.25, 0.3) is 0 Å². The van der Waals surface area contributed by atoms with Crippen molar-refractivity contribution in [3.63, 3.8) is 0 Å². The molecule has 0 bridgehead atoms. The van der Waals surface area contributed by atoms with Crippen molar-refractivity contribution in [2.24, 2.45) is 0 Å². The minimum atomic E-state index is -1.57. The van der Waals surface area contributed by atoms with Gasteiger partial charge in [-0.3, -0.25) is 4.79 Å². The maximum absolute atomic E-state index is 12.9. The molecule has 306 valence electrons. The number of hydrogen-bond acceptors (Lipinski definition) is 8. The Morgan fingerprint density at radius 1 is 0.654 bits per heavy atom. The quantitative estimate of drug-likeness (QED) is 0.0281. The summed E-state index contributed by atoms with van der Waals surface area (Å²) in [6.45, 7) is 3.71. The molecule has 1 aliphatic rings. The number of amides is 1. The van der Waals surface area contributed by atoms with Crippen molar-refractivity contribution >= 4 is 5.91 Å². The van der Waals surface area contributed by atoms with Crippen molar-refractivity contribution in [3.8, 4) is 0 Å². The van der Waals surface area contributed by atoms with E-state index in [1.807, 2.05) is 6.08 Å². The lowest BCUT2D eigenvalue weighted by Gasteiger charge is -2.40. The number of rotatable bonds is 35. The number of allylic oxidation sites excluding steroid dienone is 3. The fourth-order valence-electron chi connectivity index (χ4n) is 6.80. The Bertz CT molecular complexity index is 868. The highest BCUT2D eigenvalue weighted by molar-refractivity contribution is 5.76. The molecular weight excluding hydrogens is 658 g/mol. The molecule has 0 spiro atoms. The number of unbranched alkanes of at least 4 members (excludes halogenated alkanes) is 24. The number of carbonyl (C=O) groups excluding carboxylic acids is 1. The summed E-state index contributed by atoms with van der Waals surface area (Å²) >= 11 is 0. The summed E-state index contributed by atoms with van der Waals surface area (Å²) in [7, 11) is 0. The lowest BCUT2D eigenvalue weighted by molar-refractivity contribution is -0.302. The molecule has 7 atom stereocenters. The van der Waals surface area contributed by atoms with Crippen molar-refractivity contribution in [1.82, 2.24) is 5.32 Å². The largest absolute Gasteiger partial charge is 0.394 e. The van der Waals surface area contributed by atoms with E-state index >= 15 is 0 Å². The second-order valence-corrected chi connectivity index (χ2v) is 15.2. The van der Waals surface area contributed by atoms with E-state index in [-0.39, 0.29) is 12.5 Å². The van der Waals surface area contributed by atoms with Gasteiger partial charge in [0.15, 0.2) is 6.29 Å². The van der Waals surface area contributed by atoms with E-state index < -0.39 is 49.5 Å². The van der Waals surface area contributed by atoms with Gasteiger partial charge in [-0.25, -0.2) is 0 Å². The zero-order valence-corrected chi connectivity index (χ0v) is 33.3. The second-order valence-electron chi connectivity index (χ2n) is 15.2. The predicted octanol–water partition coefficient (Wildman–Crippen LogP) is 8.33. The van der Waals surface area contributed by atoms with Crippen LogP contribution < -0.4 is 5.32 Å². The van der Waals surface area contributed by atoms with E-state index in [1.165, 1.54) is 135 Å². The van der Waals surface area contributed by atoms with Crippen LogP contribution >= 0.6 is 0 Å². The molecule has 1 fully saturated rings. The van der Waals surface area contributed by atoms with Crippen molar-refractivity contribution in [2.75, 3.05) is 13.2 Å². The lowest BCUT2D eigenvalue weighted by Crippen LogP contribution is -2.60. The molecule has 0 aromatic carbocycles. The highest BCUT2D eigenvalue weighted by Crippen LogP contribution is 2.22. The lowest BCUT2D eigenvalue weighted by atomic mass is 9.99. The third kappa shape index (κ3) is 24.9. The highest BCUT2D eigenvalue weighted by Gasteiger charge is 2.44. The molecule has 0 aliphatic carbocycles. The molecule has 52 heavy (non-hydrogen) atoms. The number of carbonyl (C=O) groups is 1. The van der Waals surface area contributed by atoms with Gasteiger partial charge >= 0.3 is 0 Å². The van der Waals surface area contributed by atoms with Crippen LogP contribution in [0.25, 0.3) is 0 Å². The van der Waals surface area contributed by atoms with Gasteiger partial charge in [-0.1, -0.05) is 186 Å². The van der Waals surface area contributed by atoms with Crippen LogP contribution in [0.4, 0.5) is 0 Å². The summed E-state index contributed by atoms with van der Waals surface area (Å²) in [4.78, 5) is 12.9. The number of nitrogens with one attached hydrogen (secondary N) is 1. The molecule has 2 unspecified atom stereocenters. The molecule has 6 N–H and O–H groups in total. The molecule has 1 saturated heterocycles. The normalized spacial score (nSPS) is 22.0. The standard InChI is InChI=1S/C43H81NO8/c1-3-5-7-9-11-13-15-16-17-18-19-20-21-22-23-25-27-29-31-33-39(47)44-36(35-51-43-42(50)41(49)40(48)38(34-45)52-43)37(46)32-30-28-26-24-14-12-10-8-6-4-2/h26,28,30,32,36-38,40-43,45-46,48-50H,3-25,27,29,31,33-35H2,1-2H3,(H,44,47)/b28-26+,32-30+/t36-,37+,38+,40+,41?,42?,43+/m0/s1. The summed E-state index contributed by atoms with van der Waals surface area (Å²) < 4.78 is 11.1. The van der Waals surface area contributed by atoms with E-state index in [0.29, 0.717) is 6.42 Å². The second kappa shape index (κ2) is 34.2. The number of hydrogen-bond donors (Lipinski definition) is 6. The van der Waals surface area contributed by atoms with Crippen LogP contribution in [0.5, 0.6) is 0 Å². The molecule has 0 aromatic rings. The van der Waals surface area contributed by atoms with Gasteiger partial charge in [0, 0.05) is 6.42 Å². The van der Waals surface area contributed by atoms with Crippen molar-refractivity contribution in [2.45, 2.75) is 230 Å². The molecule has 9 nitrogen and oxygen atoms in total. The van der Waals surface area contributed by atoms with E-state index in [2.05, 4.69) is 25.2 Å². The van der Waals surface area contributed by atoms with E-state index in [9.17, 15) is 30.3 Å². The average Bonchev–Trinajstić information content (AvgIpc) is 3.14. The molecule has 0 saturated carbocycles. The van der Waals surface area contributed by atoms with E-state index in [1.54, 1.807) is 12.2 Å². The molecule has 1 aliphatic heterocycles. The topological polar surface area (TPSA) is 149 Å². The summed E-state index contributed by atoms with van der Waals surface area (Å²) in [6.07, 6.45) is 32.4.